The number of ether oxygens (including phenoxy) is 2. The number of aryl methyl sites for hydroxylation is 2. The largest absolute Gasteiger partial charge is 0.497 e. The Morgan fingerprint density at radius 2 is 1.55 bits per heavy atom. The van der Waals surface area contributed by atoms with E-state index in [1.165, 1.54) is 0 Å². The fourth-order valence-corrected chi connectivity index (χ4v) is 4.03. The van der Waals surface area contributed by atoms with Crippen molar-refractivity contribution in [2.24, 2.45) is 0 Å². The molecule has 4 nitrogen and oxygen atoms in total. The van der Waals surface area contributed by atoms with Gasteiger partial charge in [-0.1, -0.05) is 27.6 Å². The highest BCUT2D eigenvalue weighted by Gasteiger charge is 2.22. The van der Waals surface area contributed by atoms with E-state index in [0.29, 0.717) is 11.3 Å². The first-order valence-corrected chi connectivity index (χ1v) is 10.7. The third-order valence-corrected chi connectivity index (χ3v) is 5.79. The van der Waals surface area contributed by atoms with E-state index in [4.69, 9.17) is 14.5 Å². The number of pyridine rings is 1. The van der Waals surface area contributed by atoms with Crippen LogP contribution in [0.1, 0.15) is 27.0 Å². The van der Waals surface area contributed by atoms with Gasteiger partial charge >= 0.3 is 5.97 Å². The van der Waals surface area contributed by atoms with Crippen LogP contribution >= 0.6 is 15.9 Å². The molecule has 0 spiro atoms. The molecule has 0 saturated heterocycles. The van der Waals surface area contributed by atoms with Crippen LogP contribution in [0.3, 0.4) is 0 Å². The molecule has 0 N–H and O–H groups in total. The van der Waals surface area contributed by atoms with E-state index in [1.54, 1.807) is 19.2 Å². The molecule has 0 saturated carbocycles. The summed E-state index contributed by atoms with van der Waals surface area (Å²) in [4.78, 5) is 18.3. The standard InChI is InChI=1S/C26H22BrNO3/c1-15-13-16(2)24-22(14-15)23(26(29)31-21-11-7-19(27)8-12-21)17(3)25(28-24)18-5-9-20(30-4)10-6-18/h5-14H,1-4H3. The Kier molecular flexibility index (Phi) is 5.79. The maximum Gasteiger partial charge on any atom is 0.344 e. The highest BCUT2D eigenvalue weighted by Crippen LogP contribution is 2.33. The Bertz CT molecular complexity index is 1280. The molecule has 0 aliphatic carbocycles. The highest BCUT2D eigenvalue weighted by molar-refractivity contribution is 9.10. The second-order valence-electron chi connectivity index (χ2n) is 7.51. The van der Waals surface area contributed by atoms with Gasteiger partial charge in [-0.2, -0.15) is 0 Å². The maximum absolute atomic E-state index is 13.4. The molecule has 0 bridgehead atoms. The van der Waals surface area contributed by atoms with Crippen LogP contribution in [-0.4, -0.2) is 18.1 Å². The van der Waals surface area contributed by atoms with Crippen molar-refractivity contribution in [1.29, 1.82) is 0 Å². The van der Waals surface area contributed by atoms with Crippen molar-refractivity contribution in [2.75, 3.05) is 7.11 Å². The summed E-state index contributed by atoms with van der Waals surface area (Å²) in [6, 6.07) is 19.0. The Hall–Kier alpha value is -3.18. The molecular formula is C26H22BrNO3. The van der Waals surface area contributed by atoms with Crippen molar-refractivity contribution in [2.45, 2.75) is 20.8 Å². The van der Waals surface area contributed by atoms with Crippen LogP contribution in [-0.2, 0) is 0 Å². The SMILES string of the molecule is COc1ccc(-c2nc3c(C)cc(C)cc3c(C(=O)Oc3ccc(Br)cc3)c2C)cc1. The second kappa shape index (κ2) is 8.52. The quantitative estimate of drug-likeness (QED) is 0.240. The summed E-state index contributed by atoms with van der Waals surface area (Å²) in [6.45, 7) is 5.95. The minimum Gasteiger partial charge on any atom is -0.497 e. The first-order valence-electron chi connectivity index (χ1n) is 9.91. The van der Waals surface area contributed by atoms with Crippen LogP contribution < -0.4 is 9.47 Å². The number of fused-ring (bicyclic) bond motifs is 1. The summed E-state index contributed by atoms with van der Waals surface area (Å²) in [5, 5.41) is 0.800. The minimum atomic E-state index is -0.396. The van der Waals surface area contributed by atoms with E-state index in [-0.39, 0.29) is 0 Å². The van der Waals surface area contributed by atoms with E-state index in [2.05, 4.69) is 22.0 Å². The Morgan fingerprint density at radius 1 is 0.903 bits per heavy atom. The van der Waals surface area contributed by atoms with Gasteiger partial charge in [0.25, 0.3) is 0 Å². The van der Waals surface area contributed by atoms with Crippen LogP contribution in [0, 0.1) is 20.8 Å². The van der Waals surface area contributed by atoms with Crippen molar-refractivity contribution in [1.82, 2.24) is 4.98 Å². The zero-order chi connectivity index (χ0) is 22.1. The zero-order valence-electron chi connectivity index (χ0n) is 17.8. The fourth-order valence-electron chi connectivity index (χ4n) is 3.77. The number of hydrogen-bond acceptors (Lipinski definition) is 4. The Balaban J connectivity index is 1.91. The van der Waals surface area contributed by atoms with Gasteiger partial charge in [0.05, 0.1) is 23.9 Å². The van der Waals surface area contributed by atoms with Gasteiger partial charge in [0.2, 0.25) is 0 Å². The van der Waals surface area contributed by atoms with Gasteiger partial charge in [0.1, 0.15) is 11.5 Å². The average molecular weight is 476 g/mol. The van der Waals surface area contributed by atoms with Gasteiger partial charge < -0.3 is 9.47 Å². The monoisotopic (exact) mass is 475 g/mol. The molecule has 1 heterocycles. The highest BCUT2D eigenvalue weighted by atomic mass is 79.9. The predicted octanol–water partition coefficient (Wildman–Crippen LogP) is 6.82. The summed E-state index contributed by atoms with van der Waals surface area (Å²) in [7, 11) is 1.64. The van der Waals surface area contributed by atoms with Gasteiger partial charge in [-0.3, -0.25) is 0 Å². The smallest absolute Gasteiger partial charge is 0.344 e. The number of carbonyl (C=O) groups excluding carboxylic acids is 1. The Morgan fingerprint density at radius 3 is 2.19 bits per heavy atom. The van der Waals surface area contributed by atoms with Crippen LogP contribution in [0.5, 0.6) is 11.5 Å². The number of nitrogens with zero attached hydrogens (tertiary/aromatic N) is 1. The fraction of sp³-hybridized carbons (Fsp3) is 0.154. The summed E-state index contributed by atoms with van der Waals surface area (Å²) in [5.74, 6) is 0.865. The summed E-state index contributed by atoms with van der Waals surface area (Å²) >= 11 is 3.40. The lowest BCUT2D eigenvalue weighted by molar-refractivity contribution is 0.0736. The molecule has 5 heteroatoms. The molecule has 0 unspecified atom stereocenters. The lowest BCUT2D eigenvalue weighted by Gasteiger charge is -2.16. The topological polar surface area (TPSA) is 48.4 Å². The van der Waals surface area contributed by atoms with Crippen molar-refractivity contribution >= 4 is 32.8 Å². The van der Waals surface area contributed by atoms with Crippen LogP contribution in [0.25, 0.3) is 22.2 Å². The van der Waals surface area contributed by atoms with E-state index in [9.17, 15) is 4.79 Å². The number of benzene rings is 3. The lowest BCUT2D eigenvalue weighted by atomic mass is 9.95. The number of hydrogen-bond donors (Lipinski definition) is 0. The first-order chi connectivity index (χ1) is 14.9. The Labute approximate surface area is 190 Å². The molecule has 1 aromatic heterocycles. The average Bonchev–Trinajstić information content (AvgIpc) is 2.75. The third kappa shape index (κ3) is 4.19. The van der Waals surface area contributed by atoms with Crippen LogP contribution in [0.2, 0.25) is 0 Å². The van der Waals surface area contributed by atoms with Gasteiger partial charge in [-0.05, 0) is 86.5 Å². The van der Waals surface area contributed by atoms with Crippen molar-refractivity contribution in [3.05, 3.63) is 87.4 Å². The van der Waals surface area contributed by atoms with Gasteiger partial charge in [-0.25, -0.2) is 9.78 Å². The predicted molar refractivity (Wildman–Crippen MR) is 127 cm³/mol. The third-order valence-electron chi connectivity index (χ3n) is 5.26. The molecule has 3 aromatic carbocycles. The second-order valence-corrected chi connectivity index (χ2v) is 8.43. The minimum absolute atomic E-state index is 0.396. The van der Waals surface area contributed by atoms with E-state index >= 15 is 0 Å². The van der Waals surface area contributed by atoms with Crippen molar-refractivity contribution < 1.29 is 14.3 Å². The molecule has 31 heavy (non-hydrogen) atoms. The maximum atomic E-state index is 13.4. The number of carbonyl (C=O) groups is 1. The molecule has 0 atom stereocenters. The number of rotatable bonds is 4. The van der Waals surface area contributed by atoms with Crippen molar-refractivity contribution in [3.8, 4) is 22.8 Å². The molecule has 156 valence electrons. The number of esters is 1. The molecule has 0 radical (unpaired) electrons. The van der Waals surface area contributed by atoms with E-state index < -0.39 is 5.97 Å². The molecule has 0 fully saturated rings. The van der Waals surface area contributed by atoms with E-state index in [1.807, 2.05) is 63.2 Å². The molecule has 0 aliphatic rings. The van der Waals surface area contributed by atoms with Crippen molar-refractivity contribution in [3.63, 3.8) is 0 Å². The summed E-state index contributed by atoms with van der Waals surface area (Å²) in [6.07, 6.45) is 0. The van der Waals surface area contributed by atoms with Gasteiger partial charge in [0.15, 0.2) is 0 Å². The van der Waals surface area contributed by atoms with Gasteiger partial charge in [0, 0.05) is 15.4 Å². The summed E-state index contributed by atoms with van der Waals surface area (Å²) in [5.41, 5.74) is 5.87. The number of halogens is 1. The van der Waals surface area contributed by atoms with Crippen LogP contribution in [0.15, 0.2) is 65.1 Å². The molecule has 4 rings (SSSR count). The molecule has 0 amide bonds. The molecule has 0 aliphatic heterocycles. The lowest BCUT2D eigenvalue weighted by Crippen LogP contribution is -2.13. The van der Waals surface area contributed by atoms with E-state index in [0.717, 1.165) is 49.1 Å². The normalized spacial score (nSPS) is 10.9. The number of methoxy groups -OCH3 is 1. The zero-order valence-corrected chi connectivity index (χ0v) is 19.4. The van der Waals surface area contributed by atoms with Crippen LogP contribution in [0.4, 0.5) is 0 Å². The molecule has 4 aromatic rings. The summed E-state index contributed by atoms with van der Waals surface area (Å²) < 4.78 is 11.9. The first kappa shape index (κ1) is 21.1. The number of aromatic nitrogens is 1. The van der Waals surface area contributed by atoms with Gasteiger partial charge in [-0.15, -0.1) is 0 Å². The molecular weight excluding hydrogens is 454 g/mol.